The first kappa shape index (κ1) is 17.2. The van der Waals surface area contributed by atoms with Gasteiger partial charge in [0.25, 0.3) is 11.6 Å². The third kappa shape index (κ3) is 3.89. The van der Waals surface area contributed by atoms with E-state index in [1.165, 1.54) is 19.1 Å². The molecule has 0 radical (unpaired) electrons. The van der Waals surface area contributed by atoms with Crippen LogP contribution in [0.3, 0.4) is 0 Å². The highest BCUT2D eigenvalue weighted by atomic mass is 79.9. The second-order valence-corrected chi connectivity index (χ2v) is 6.26. The molecule has 2 aromatic heterocycles. The Morgan fingerprint density at radius 3 is 2.60 bits per heavy atom. The molecule has 0 saturated heterocycles. The van der Waals surface area contributed by atoms with Gasteiger partial charge in [-0.1, -0.05) is 33.2 Å². The highest BCUT2D eigenvalue weighted by Crippen LogP contribution is 2.23. The van der Waals surface area contributed by atoms with Crippen LogP contribution >= 0.6 is 15.9 Å². The standard InChI is InChI=1S/C16H13BrN4O4/c1-9-13(21(23)24)7-6-12(18-9)16-19-15(20-25-16)8-14(22)10-2-4-11(17)5-3-10/h2-7,14,22H,8H2,1H3. The first-order valence-electron chi connectivity index (χ1n) is 7.32. The Hall–Kier alpha value is -2.65. The lowest BCUT2D eigenvalue weighted by molar-refractivity contribution is -0.385. The van der Waals surface area contributed by atoms with Gasteiger partial charge in [0.05, 0.1) is 11.0 Å². The Morgan fingerprint density at radius 2 is 1.96 bits per heavy atom. The quantitative estimate of drug-likeness (QED) is 0.511. The Kier molecular flexibility index (Phi) is 4.86. The number of rotatable bonds is 5. The third-order valence-corrected chi connectivity index (χ3v) is 4.10. The van der Waals surface area contributed by atoms with Crippen molar-refractivity contribution in [3.63, 3.8) is 0 Å². The van der Waals surface area contributed by atoms with Gasteiger partial charge in [-0.3, -0.25) is 10.1 Å². The number of nitro groups is 1. The molecule has 0 aliphatic carbocycles. The molecule has 128 valence electrons. The second kappa shape index (κ2) is 7.08. The van der Waals surface area contributed by atoms with E-state index in [2.05, 4.69) is 31.1 Å². The fourth-order valence-corrected chi connectivity index (χ4v) is 2.55. The highest BCUT2D eigenvalue weighted by Gasteiger charge is 2.18. The largest absolute Gasteiger partial charge is 0.388 e. The van der Waals surface area contributed by atoms with Crippen LogP contribution in [0.1, 0.15) is 23.2 Å². The van der Waals surface area contributed by atoms with Crippen LogP contribution in [0.4, 0.5) is 5.69 Å². The Morgan fingerprint density at radius 1 is 1.24 bits per heavy atom. The van der Waals surface area contributed by atoms with E-state index in [9.17, 15) is 15.2 Å². The molecular formula is C16H13BrN4O4. The van der Waals surface area contributed by atoms with Crippen LogP contribution in [0.5, 0.6) is 0 Å². The zero-order chi connectivity index (χ0) is 18.0. The molecule has 1 aromatic carbocycles. The van der Waals surface area contributed by atoms with Crippen molar-refractivity contribution in [2.45, 2.75) is 19.4 Å². The first-order valence-corrected chi connectivity index (χ1v) is 8.12. The van der Waals surface area contributed by atoms with Crippen LogP contribution in [-0.4, -0.2) is 25.2 Å². The maximum atomic E-state index is 10.8. The number of aliphatic hydroxyl groups excluding tert-OH is 1. The number of benzene rings is 1. The summed E-state index contributed by atoms with van der Waals surface area (Å²) in [6, 6.07) is 10.1. The number of hydrogen-bond donors (Lipinski definition) is 1. The first-order chi connectivity index (χ1) is 11.9. The minimum Gasteiger partial charge on any atom is -0.388 e. The van der Waals surface area contributed by atoms with E-state index in [4.69, 9.17) is 4.52 Å². The van der Waals surface area contributed by atoms with Crippen molar-refractivity contribution >= 4 is 21.6 Å². The molecule has 0 spiro atoms. The van der Waals surface area contributed by atoms with Gasteiger partial charge in [0, 0.05) is 17.0 Å². The van der Waals surface area contributed by atoms with E-state index >= 15 is 0 Å². The van der Waals surface area contributed by atoms with Gasteiger partial charge in [-0.25, -0.2) is 4.98 Å². The molecular weight excluding hydrogens is 392 g/mol. The zero-order valence-electron chi connectivity index (χ0n) is 13.1. The maximum absolute atomic E-state index is 10.8. The molecule has 1 N–H and O–H groups in total. The molecule has 0 saturated carbocycles. The number of hydrogen-bond acceptors (Lipinski definition) is 7. The number of aliphatic hydroxyl groups is 1. The molecule has 3 aromatic rings. The fourth-order valence-electron chi connectivity index (χ4n) is 2.28. The summed E-state index contributed by atoms with van der Waals surface area (Å²) in [6.07, 6.45) is -0.595. The third-order valence-electron chi connectivity index (χ3n) is 3.57. The Labute approximate surface area is 150 Å². The molecule has 0 aliphatic heterocycles. The monoisotopic (exact) mass is 404 g/mol. The number of aromatic nitrogens is 3. The summed E-state index contributed by atoms with van der Waals surface area (Å²) in [6.45, 7) is 1.54. The van der Waals surface area contributed by atoms with Gasteiger partial charge in [-0.05, 0) is 30.7 Å². The predicted molar refractivity (Wildman–Crippen MR) is 91.7 cm³/mol. The predicted octanol–water partition coefficient (Wildman–Crippen LogP) is 3.39. The van der Waals surface area contributed by atoms with E-state index in [0.29, 0.717) is 11.5 Å². The molecule has 0 aliphatic rings. The van der Waals surface area contributed by atoms with Crippen LogP contribution in [0.15, 0.2) is 45.4 Å². The summed E-state index contributed by atoms with van der Waals surface area (Å²) in [5, 5.41) is 24.9. The number of aryl methyl sites for hydroxylation is 1. The van der Waals surface area contributed by atoms with Gasteiger partial charge in [0.15, 0.2) is 5.82 Å². The van der Waals surface area contributed by atoms with Gasteiger partial charge in [-0.15, -0.1) is 0 Å². The van der Waals surface area contributed by atoms with Gasteiger partial charge in [0.2, 0.25) is 0 Å². The molecule has 3 rings (SSSR count). The normalized spacial score (nSPS) is 12.1. The zero-order valence-corrected chi connectivity index (χ0v) is 14.7. The number of nitrogens with zero attached hydrogens (tertiary/aromatic N) is 4. The number of pyridine rings is 1. The Bertz CT molecular complexity index is 911. The summed E-state index contributed by atoms with van der Waals surface area (Å²) in [7, 11) is 0. The van der Waals surface area contributed by atoms with E-state index in [0.717, 1.165) is 10.0 Å². The van der Waals surface area contributed by atoms with Crippen LogP contribution in [0.25, 0.3) is 11.6 Å². The average Bonchev–Trinajstić information content (AvgIpc) is 3.03. The van der Waals surface area contributed by atoms with Crippen molar-refractivity contribution in [3.8, 4) is 11.6 Å². The lowest BCUT2D eigenvalue weighted by Crippen LogP contribution is -2.03. The Balaban J connectivity index is 1.77. The van der Waals surface area contributed by atoms with Crippen molar-refractivity contribution in [1.29, 1.82) is 0 Å². The van der Waals surface area contributed by atoms with Crippen LogP contribution in [-0.2, 0) is 6.42 Å². The second-order valence-electron chi connectivity index (χ2n) is 5.35. The maximum Gasteiger partial charge on any atom is 0.290 e. The molecule has 0 amide bonds. The molecule has 0 bridgehead atoms. The summed E-state index contributed by atoms with van der Waals surface area (Å²) in [4.78, 5) is 18.7. The topological polar surface area (TPSA) is 115 Å². The van der Waals surface area contributed by atoms with Crippen molar-refractivity contribution in [2.24, 2.45) is 0 Å². The molecule has 2 heterocycles. The molecule has 1 atom stereocenters. The molecule has 25 heavy (non-hydrogen) atoms. The van der Waals surface area contributed by atoms with Gasteiger partial charge < -0.3 is 9.63 Å². The lowest BCUT2D eigenvalue weighted by Gasteiger charge is -2.08. The van der Waals surface area contributed by atoms with Crippen molar-refractivity contribution in [3.05, 3.63) is 68.1 Å². The van der Waals surface area contributed by atoms with Crippen molar-refractivity contribution in [1.82, 2.24) is 15.1 Å². The van der Waals surface area contributed by atoms with E-state index in [1.807, 2.05) is 12.1 Å². The lowest BCUT2D eigenvalue weighted by atomic mass is 10.1. The van der Waals surface area contributed by atoms with Crippen LogP contribution < -0.4 is 0 Å². The van der Waals surface area contributed by atoms with Crippen molar-refractivity contribution in [2.75, 3.05) is 0 Å². The summed E-state index contributed by atoms with van der Waals surface area (Å²) < 4.78 is 6.07. The smallest absolute Gasteiger partial charge is 0.290 e. The van der Waals surface area contributed by atoms with Gasteiger partial charge >= 0.3 is 0 Å². The molecule has 8 nitrogen and oxygen atoms in total. The average molecular weight is 405 g/mol. The fraction of sp³-hybridized carbons (Fsp3) is 0.188. The van der Waals surface area contributed by atoms with Gasteiger partial charge in [-0.2, -0.15) is 4.98 Å². The SMILES string of the molecule is Cc1nc(-c2nc(CC(O)c3ccc(Br)cc3)no2)ccc1[N+](=O)[O-]. The highest BCUT2D eigenvalue weighted by molar-refractivity contribution is 9.10. The van der Waals surface area contributed by atoms with E-state index in [-0.39, 0.29) is 23.7 Å². The summed E-state index contributed by atoms with van der Waals surface area (Å²) >= 11 is 3.34. The van der Waals surface area contributed by atoms with Crippen molar-refractivity contribution < 1.29 is 14.6 Å². The minimum absolute atomic E-state index is 0.0749. The summed E-state index contributed by atoms with van der Waals surface area (Å²) in [5.74, 6) is 0.472. The van der Waals surface area contributed by atoms with Crippen LogP contribution in [0, 0.1) is 17.0 Å². The minimum atomic E-state index is -0.773. The van der Waals surface area contributed by atoms with Gasteiger partial charge in [0.1, 0.15) is 11.4 Å². The van der Waals surface area contributed by atoms with E-state index < -0.39 is 11.0 Å². The number of halogens is 1. The molecule has 9 heteroatoms. The van der Waals surface area contributed by atoms with Crippen LogP contribution in [0.2, 0.25) is 0 Å². The molecule has 0 fully saturated rings. The summed E-state index contributed by atoms with van der Waals surface area (Å²) in [5.41, 5.74) is 1.27. The molecule has 1 unspecified atom stereocenters. The van der Waals surface area contributed by atoms with E-state index in [1.54, 1.807) is 12.1 Å².